The minimum Gasteiger partial charge on any atom is -0.454 e. The molecule has 0 aliphatic carbocycles. The Labute approximate surface area is 223 Å². The van der Waals surface area contributed by atoms with Crippen molar-refractivity contribution in [3.63, 3.8) is 0 Å². The van der Waals surface area contributed by atoms with Crippen molar-refractivity contribution in [2.75, 3.05) is 0 Å². The van der Waals surface area contributed by atoms with E-state index in [1.165, 1.54) is 41.4 Å². The van der Waals surface area contributed by atoms with Crippen molar-refractivity contribution >= 4 is 74.3 Å². The topological polar surface area (TPSA) is 38.9 Å². The minimum atomic E-state index is -0.0576. The van der Waals surface area contributed by atoms with Gasteiger partial charge in [-0.1, -0.05) is 65.0 Å². The summed E-state index contributed by atoms with van der Waals surface area (Å²) in [6.07, 6.45) is 2.78. The summed E-state index contributed by atoms with van der Waals surface area (Å²) in [5, 5.41) is 3.64. The first-order chi connectivity index (χ1) is 17.8. The maximum absolute atomic E-state index is 6.61. The van der Waals surface area contributed by atoms with Crippen molar-refractivity contribution in [2.24, 2.45) is 5.92 Å². The van der Waals surface area contributed by atoms with Crippen LogP contribution in [0.3, 0.4) is 0 Å². The lowest BCUT2D eigenvalue weighted by atomic mass is 9.83. The summed E-state index contributed by atoms with van der Waals surface area (Å²) in [6, 6.07) is 19.7. The highest BCUT2D eigenvalue weighted by Gasteiger charge is 2.25. The van der Waals surface area contributed by atoms with Gasteiger partial charge >= 0.3 is 0 Å². The first-order valence-electron chi connectivity index (χ1n) is 12.8. The summed E-state index contributed by atoms with van der Waals surface area (Å²) in [5.41, 5.74) is 7.67. The van der Waals surface area contributed by atoms with Crippen molar-refractivity contribution in [3.05, 3.63) is 72.1 Å². The minimum absolute atomic E-state index is 0.0576. The molecular formula is C32H28N2OS2. The Hall–Kier alpha value is -3.28. The van der Waals surface area contributed by atoms with Gasteiger partial charge in [-0.3, -0.25) is 0 Å². The van der Waals surface area contributed by atoms with Crippen LogP contribution in [0.4, 0.5) is 0 Å². The van der Waals surface area contributed by atoms with E-state index in [-0.39, 0.29) is 5.41 Å². The Balaban J connectivity index is 1.53. The second-order valence-corrected chi connectivity index (χ2v) is 13.5. The Morgan fingerprint density at radius 1 is 0.865 bits per heavy atom. The Kier molecular flexibility index (Phi) is 5.01. The van der Waals surface area contributed by atoms with Crippen LogP contribution in [0.25, 0.3) is 62.9 Å². The standard InChI is InChI=1S/C32H28N2OS2/c1-17(2)13-18-9-8-11-21-27-31(37-29(18)21)26(33-16-34-27)19-14-22(32(3,4)5)25-23(15-19)35-28-20-10-6-7-12-24(20)36-30(25)28/h6-12,14-17H,13H2,1-5H3. The zero-order chi connectivity index (χ0) is 25.5. The van der Waals surface area contributed by atoms with Crippen LogP contribution < -0.4 is 0 Å². The van der Waals surface area contributed by atoms with Gasteiger partial charge in [-0.25, -0.2) is 9.97 Å². The van der Waals surface area contributed by atoms with E-state index in [2.05, 4.69) is 89.2 Å². The van der Waals surface area contributed by atoms with Crippen LogP contribution >= 0.6 is 22.7 Å². The van der Waals surface area contributed by atoms with Gasteiger partial charge in [0, 0.05) is 31.1 Å². The van der Waals surface area contributed by atoms with Crippen LogP contribution in [0.1, 0.15) is 45.7 Å². The summed E-state index contributed by atoms with van der Waals surface area (Å²) in [5.74, 6) is 0.599. The molecule has 7 rings (SSSR count). The number of rotatable bonds is 3. The van der Waals surface area contributed by atoms with Gasteiger partial charge in [0.1, 0.15) is 11.9 Å². The zero-order valence-corrected chi connectivity index (χ0v) is 23.3. The van der Waals surface area contributed by atoms with Gasteiger partial charge in [-0.2, -0.15) is 0 Å². The maximum Gasteiger partial charge on any atom is 0.154 e. The zero-order valence-electron chi connectivity index (χ0n) is 21.7. The number of hydrogen-bond acceptors (Lipinski definition) is 5. The van der Waals surface area contributed by atoms with Crippen LogP contribution in [0, 0.1) is 5.92 Å². The third-order valence-corrected chi connectivity index (χ3v) is 9.61. The number of furan rings is 1. The number of aromatic nitrogens is 2. The number of fused-ring (bicyclic) bond motifs is 8. The average molecular weight is 521 g/mol. The number of nitrogens with zero attached hydrogens (tertiary/aromatic N) is 2. The number of benzene rings is 3. The molecule has 4 heterocycles. The predicted molar refractivity (Wildman–Crippen MR) is 160 cm³/mol. The molecule has 0 aliphatic rings. The van der Waals surface area contributed by atoms with Gasteiger partial charge in [-0.15, -0.1) is 22.7 Å². The smallest absolute Gasteiger partial charge is 0.154 e. The van der Waals surface area contributed by atoms with Gasteiger partial charge in [0.15, 0.2) is 5.58 Å². The lowest BCUT2D eigenvalue weighted by Crippen LogP contribution is -2.11. The van der Waals surface area contributed by atoms with Gasteiger partial charge in [0.2, 0.25) is 0 Å². The Morgan fingerprint density at radius 3 is 2.49 bits per heavy atom. The van der Waals surface area contributed by atoms with Crippen LogP contribution in [-0.4, -0.2) is 9.97 Å². The third kappa shape index (κ3) is 3.52. The van der Waals surface area contributed by atoms with E-state index >= 15 is 0 Å². The fourth-order valence-corrected chi connectivity index (χ4v) is 8.00. The van der Waals surface area contributed by atoms with E-state index in [1.54, 1.807) is 6.33 Å². The molecule has 0 unspecified atom stereocenters. The molecule has 5 heteroatoms. The molecule has 3 nitrogen and oxygen atoms in total. The molecule has 0 spiro atoms. The SMILES string of the molecule is CC(C)Cc1cccc2c1sc1c(-c3cc(C(C)(C)C)c4c(c3)oc3c5ccccc5sc34)ncnc12. The summed E-state index contributed by atoms with van der Waals surface area (Å²) in [7, 11) is 0. The highest BCUT2D eigenvalue weighted by molar-refractivity contribution is 7.27. The molecule has 0 fully saturated rings. The maximum atomic E-state index is 6.61. The van der Waals surface area contributed by atoms with E-state index in [0.29, 0.717) is 5.92 Å². The van der Waals surface area contributed by atoms with E-state index in [1.807, 2.05) is 22.7 Å². The van der Waals surface area contributed by atoms with Gasteiger partial charge in [0.25, 0.3) is 0 Å². The van der Waals surface area contributed by atoms with Crippen LogP contribution in [0.2, 0.25) is 0 Å². The van der Waals surface area contributed by atoms with Crippen LogP contribution in [0.5, 0.6) is 0 Å². The quantitative estimate of drug-likeness (QED) is 0.233. The van der Waals surface area contributed by atoms with Gasteiger partial charge < -0.3 is 4.42 Å². The van der Waals surface area contributed by atoms with Crippen molar-refractivity contribution in [1.29, 1.82) is 0 Å². The number of hydrogen-bond donors (Lipinski definition) is 0. The summed E-state index contributed by atoms with van der Waals surface area (Å²) >= 11 is 3.65. The molecule has 0 saturated heterocycles. The van der Waals surface area contributed by atoms with Gasteiger partial charge in [-0.05, 0) is 53.1 Å². The van der Waals surface area contributed by atoms with Crippen LogP contribution in [0.15, 0.2) is 65.3 Å². The first-order valence-corrected chi connectivity index (χ1v) is 14.5. The first kappa shape index (κ1) is 22.9. The van der Waals surface area contributed by atoms with Crippen molar-refractivity contribution in [2.45, 2.75) is 46.5 Å². The Bertz CT molecular complexity index is 1980. The molecule has 0 amide bonds. The summed E-state index contributed by atoms with van der Waals surface area (Å²) in [4.78, 5) is 9.59. The molecule has 0 aliphatic heterocycles. The number of thiophene rings is 2. The lowest BCUT2D eigenvalue weighted by Gasteiger charge is -2.21. The van der Waals surface area contributed by atoms with Crippen molar-refractivity contribution in [1.82, 2.24) is 9.97 Å². The molecule has 37 heavy (non-hydrogen) atoms. The molecule has 4 aromatic heterocycles. The predicted octanol–water partition coefficient (Wildman–Crippen LogP) is 10.1. The molecule has 0 bridgehead atoms. The fraction of sp³-hybridized carbons (Fsp3) is 0.250. The lowest BCUT2D eigenvalue weighted by molar-refractivity contribution is 0.595. The largest absolute Gasteiger partial charge is 0.454 e. The van der Waals surface area contributed by atoms with E-state index in [0.717, 1.165) is 39.1 Å². The van der Waals surface area contributed by atoms with E-state index in [9.17, 15) is 0 Å². The van der Waals surface area contributed by atoms with Crippen LogP contribution in [-0.2, 0) is 11.8 Å². The molecule has 0 atom stereocenters. The molecule has 184 valence electrons. The monoisotopic (exact) mass is 520 g/mol. The molecule has 0 saturated carbocycles. The van der Waals surface area contributed by atoms with Gasteiger partial charge in [0.05, 0.1) is 20.6 Å². The van der Waals surface area contributed by atoms with E-state index in [4.69, 9.17) is 14.4 Å². The van der Waals surface area contributed by atoms with Crippen molar-refractivity contribution < 1.29 is 4.42 Å². The second-order valence-electron chi connectivity index (χ2n) is 11.4. The highest BCUT2D eigenvalue weighted by atomic mass is 32.1. The normalized spacial score (nSPS) is 12.8. The highest BCUT2D eigenvalue weighted by Crippen LogP contribution is 2.47. The molecule has 3 aromatic carbocycles. The van der Waals surface area contributed by atoms with Crippen molar-refractivity contribution in [3.8, 4) is 11.3 Å². The third-order valence-electron chi connectivity index (χ3n) is 7.16. The molecular weight excluding hydrogens is 492 g/mol. The molecule has 7 aromatic rings. The van der Waals surface area contributed by atoms with E-state index < -0.39 is 0 Å². The summed E-state index contributed by atoms with van der Waals surface area (Å²) in [6.45, 7) is 11.4. The fourth-order valence-electron chi connectivity index (χ4n) is 5.52. The summed E-state index contributed by atoms with van der Waals surface area (Å²) < 4.78 is 11.6. The second kappa shape index (κ2) is 8.11. The average Bonchev–Trinajstić information content (AvgIpc) is 3.52. The molecule has 0 radical (unpaired) electrons. The Morgan fingerprint density at radius 2 is 1.68 bits per heavy atom. The molecule has 0 N–H and O–H groups in total.